The maximum atomic E-state index is 14.7. The molecule has 8 nitrogen and oxygen atoms in total. The minimum atomic E-state index is -0.457. The van der Waals surface area contributed by atoms with E-state index in [9.17, 15) is 14.0 Å². The molecule has 9 heteroatoms. The van der Waals surface area contributed by atoms with Gasteiger partial charge in [-0.1, -0.05) is 12.1 Å². The lowest BCUT2D eigenvalue weighted by Crippen LogP contribution is -2.45. The lowest BCUT2D eigenvalue weighted by molar-refractivity contribution is -0.00539. The second-order valence-electron chi connectivity index (χ2n) is 8.90. The van der Waals surface area contributed by atoms with Crippen LogP contribution >= 0.6 is 0 Å². The molecule has 0 spiro atoms. The molecule has 2 unspecified atom stereocenters. The fraction of sp³-hybridized carbons (Fsp3) is 0.440. The van der Waals surface area contributed by atoms with E-state index in [1.54, 1.807) is 30.3 Å². The lowest BCUT2D eigenvalue weighted by atomic mass is 10.1. The highest BCUT2D eigenvalue weighted by Gasteiger charge is 2.24. The molecule has 2 aromatic rings. The van der Waals surface area contributed by atoms with Gasteiger partial charge in [0.15, 0.2) is 0 Å². The van der Waals surface area contributed by atoms with E-state index >= 15 is 0 Å². The van der Waals surface area contributed by atoms with Crippen molar-refractivity contribution >= 4 is 23.3 Å². The number of hydrogen-bond acceptors (Lipinski definition) is 5. The van der Waals surface area contributed by atoms with Crippen LogP contribution in [0.25, 0.3) is 0 Å². The molecule has 34 heavy (non-hydrogen) atoms. The zero-order valence-electron chi connectivity index (χ0n) is 20.2. The maximum absolute atomic E-state index is 14.7. The largest absolute Gasteiger partial charge is 0.372 e. The monoisotopic (exact) mass is 471 g/mol. The quantitative estimate of drug-likeness (QED) is 0.551. The Bertz CT molecular complexity index is 990. The van der Waals surface area contributed by atoms with E-state index in [0.29, 0.717) is 36.6 Å². The molecule has 3 rings (SSSR count). The number of carbonyl (C=O) groups excluding carboxylic acids is 2. The average Bonchev–Trinajstić information content (AvgIpc) is 2.77. The van der Waals surface area contributed by atoms with Crippen molar-refractivity contribution in [3.05, 3.63) is 59.4 Å². The number of rotatable bonds is 8. The first-order chi connectivity index (χ1) is 16.2. The van der Waals surface area contributed by atoms with Crippen LogP contribution in [0.4, 0.5) is 20.6 Å². The standard InChI is InChI=1S/C25H34FN5O3/c1-17-15-31(16-18(2)34-17)23-9-8-21(13-22(23)26)29-25(33)28-14-19-6-5-7-20(12-19)24(32)27-10-11-30(3)4/h5-9,12-13,17-18H,10-11,14-16H2,1-4H3,(H,27,32)(H2,28,29,33). The van der Waals surface area contributed by atoms with Crippen molar-refractivity contribution in [1.82, 2.24) is 15.5 Å². The van der Waals surface area contributed by atoms with Gasteiger partial charge in [-0.2, -0.15) is 0 Å². The Morgan fingerprint density at radius 3 is 2.50 bits per heavy atom. The number of urea groups is 1. The van der Waals surface area contributed by atoms with Gasteiger partial charge >= 0.3 is 6.03 Å². The zero-order chi connectivity index (χ0) is 24.7. The van der Waals surface area contributed by atoms with Crippen molar-refractivity contribution in [1.29, 1.82) is 0 Å². The summed E-state index contributed by atoms with van der Waals surface area (Å²) in [5.74, 6) is -0.556. The first kappa shape index (κ1) is 25.5. The maximum Gasteiger partial charge on any atom is 0.319 e. The molecule has 0 aliphatic carbocycles. The Kier molecular flexibility index (Phi) is 8.84. The summed E-state index contributed by atoms with van der Waals surface area (Å²) in [6.07, 6.45) is 0.0451. The topological polar surface area (TPSA) is 85.9 Å². The number of nitrogens with zero attached hydrogens (tertiary/aromatic N) is 2. The van der Waals surface area contributed by atoms with Crippen molar-refractivity contribution in [2.24, 2.45) is 0 Å². The Hall–Kier alpha value is -3.17. The summed E-state index contributed by atoms with van der Waals surface area (Å²) >= 11 is 0. The van der Waals surface area contributed by atoms with Gasteiger partial charge in [-0.15, -0.1) is 0 Å². The predicted molar refractivity (Wildman–Crippen MR) is 132 cm³/mol. The Morgan fingerprint density at radius 1 is 1.09 bits per heavy atom. The van der Waals surface area contributed by atoms with Gasteiger partial charge < -0.3 is 30.5 Å². The average molecular weight is 472 g/mol. The molecule has 1 aliphatic rings. The highest BCUT2D eigenvalue weighted by molar-refractivity contribution is 5.94. The Balaban J connectivity index is 1.52. The molecule has 2 atom stereocenters. The van der Waals surface area contributed by atoms with E-state index in [-0.39, 0.29) is 24.7 Å². The molecule has 0 saturated carbocycles. The van der Waals surface area contributed by atoms with Crippen LogP contribution in [0.1, 0.15) is 29.8 Å². The van der Waals surface area contributed by atoms with E-state index in [4.69, 9.17) is 4.74 Å². The van der Waals surface area contributed by atoms with Crippen molar-refractivity contribution in [3.63, 3.8) is 0 Å². The second kappa shape index (κ2) is 11.8. The number of ether oxygens (including phenoxy) is 1. The minimum Gasteiger partial charge on any atom is -0.372 e. The van der Waals surface area contributed by atoms with Gasteiger partial charge in [-0.05, 0) is 63.8 Å². The van der Waals surface area contributed by atoms with Crippen molar-refractivity contribution in [2.45, 2.75) is 32.6 Å². The molecule has 2 aromatic carbocycles. The second-order valence-corrected chi connectivity index (χ2v) is 8.90. The van der Waals surface area contributed by atoms with Gasteiger partial charge in [-0.25, -0.2) is 9.18 Å². The third-order valence-corrected chi connectivity index (χ3v) is 5.45. The molecule has 1 aliphatic heterocycles. The summed E-state index contributed by atoms with van der Waals surface area (Å²) in [5, 5.41) is 8.27. The molecule has 1 saturated heterocycles. The molecule has 184 valence electrons. The van der Waals surface area contributed by atoms with Crippen LogP contribution in [-0.2, 0) is 11.3 Å². The third kappa shape index (κ3) is 7.43. The van der Waals surface area contributed by atoms with Gasteiger partial charge in [0.25, 0.3) is 5.91 Å². The fourth-order valence-corrected chi connectivity index (χ4v) is 3.89. The van der Waals surface area contributed by atoms with E-state index in [1.807, 2.05) is 43.8 Å². The lowest BCUT2D eigenvalue weighted by Gasteiger charge is -2.37. The van der Waals surface area contributed by atoms with Crippen molar-refractivity contribution < 1.29 is 18.7 Å². The van der Waals surface area contributed by atoms with Gasteiger partial charge in [0, 0.05) is 44.0 Å². The van der Waals surface area contributed by atoms with Crippen molar-refractivity contribution in [3.8, 4) is 0 Å². The number of halogens is 1. The number of anilines is 2. The molecule has 0 aromatic heterocycles. The van der Waals surface area contributed by atoms with Crippen molar-refractivity contribution in [2.75, 3.05) is 50.5 Å². The summed E-state index contributed by atoms with van der Waals surface area (Å²) in [5.41, 5.74) is 2.17. The van der Waals surface area contributed by atoms with Crippen LogP contribution in [0.15, 0.2) is 42.5 Å². The van der Waals surface area contributed by atoms with Crippen LogP contribution in [0.2, 0.25) is 0 Å². The SMILES string of the molecule is CC1CN(c2ccc(NC(=O)NCc3cccc(C(=O)NCCN(C)C)c3)cc2F)CC(C)O1. The van der Waals surface area contributed by atoms with Gasteiger partial charge in [0.2, 0.25) is 0 Å². The Labute approximate surface area is 200 Å². The van der Waals surface area contributed by atoms with Crippen LogP contribution in [0.3, 0.4) is 0 Å². The first-order valence-corrected chi connectivity index (χ1v) is 11.5. The molecule has 0 bridgehead atoms. The molecular formula is C25H34FN5O3. The summed E-state index contributed by atoms with van der Waals surface area (Å²) < 4.78 is 20.5. The first-order valence-electron chi connectivity index (χ1n) is 11.5. The molecule has 1 fully saturated rings. The highest BCUT2D eigenvalue weighted by Crippen LogP contribution is 2.26. The summed E-state index contributed by atoms with van der Waals surface area (Å²) in [7, 11) is 3.88. The van der Waals surface area contributed by atoms with Gasteiger partial charge in [-0.3, -0.25) is 4.79 Å². The summed E-state index contributed by atoms with van der Waals surface area (Å²) in [6.45, 7) is 6.69. The number of nitrogens with one attached hydrogen (secondary N) is 3. The van der Waals surface area contributed by atoms with Crippen LogP contribution in [0.5, 0.6) is 0 Å². The number of morpholine rings is 1. The van der Waals surface area contributed by atoms with E-state index < -0.39 is 11.8 Å². The van der Waals surface area contributed by atoms with Gasteiger partial charge in [0.05, 0.1) is 17.9 Å². The minimum absolute atomic E-state index is 0.0225. The normalized spacial score (nSPS) is 18.0. The number of amides is 3. The van der Waals surface area contributed by atoms with Gasteiger partial charge in [0.1, 0.15) is 5.82 Å². The number of benzene rings is 2. The van der Waals surface area contributed by atoms with E-state index in [1.165, 1.54) is 6.07 Å². The van der Waals surface area contributed by atoms with Crippen LogP contribution < -0.4 is 20.9 Å². The summed E-state index contributed by atoms with van der Waals surface area (Å²) in [6, 6.07) is 11.3. The fourth-order valence-electron chi connectivity index (χ4n) is 3.89. The molecule has 3 N–H and O–H groups in total. The zero-order valence-corrected chi connectivity index (χ0v) is 20.2. The van der Waals surface area contributed by atoms with E-state index in [0.717, 1.165) is 12.1 Å². The molecule has 1 heterocycles. The number of hydrogen-bond donors (Lipinski definition) is 3. The molecule has 0 radical (unpaired) electrons. The molecule has 3 amide bonds. The number of carbonyl (C=O) groups is 2. The highest BCUT2D eigenvalue weighted by atomic mass is 19.1. The number of likely N-dealkylation sites (N-methyl/N-ethyl adjacent to an activating group) is 1. The predicted octanol–water partition coefficient (Wildman–Crippen LogP) is 3.05. The summed E-state index contributed by atoms with van der Waals surface area (Å²) in [4.78, 5) is 28.6. The Morgan fingerprint density at radius 2 is 1.82 bits per heavy atom. The van der Waals surface area contributed by atoms with Crippen LogP contribution in [0, 0.1) is 5.82 Å². The van der Waals surface area contributed by atoms with Crippen LogP contribution in [-0.4, -0.2) is 69.3 Å². The smallest absolute Gasteiger partial charge is 0.319 e. The third-order valence-electron chi connectivity index (χ3n) is 5.45. The molecular weight excluding hydrogens is 437 g/mol. The van der Waals surface area contributed by atoms with E-state index in [2.05, 4.69) is 16.0 Å².